The summed E-state index contributed by atoms with van der Waals surface area (Å²) in [4.78, 5) is 12.1. The van der Waals surface area contributed by atoms with Crippen molar-refractivity contribution in [3.63, 3.8) is 0 Å². The van der Waals surface area contributed by atoms with Gasteiger partial charge in [-0.15, -0.1) is 0 Å². The molecule has 0 aromatic rings. The quantitative estimate of drug-likeness (QED) is 0.0441. The molecule has 3 atom stereocenters. The lowest BCUT2D eigenvalue weighted by Gasteiger charge is -2.07. The Hall–Kier alpha value is -2.23. The molecule has 0 aliphatic carbocycles. The minimum absolute atomic E-state index is 0.212. The first kappa shape index (κ1) is 33.8. The molecule has 212 valence electrons. The summed E-state index contributed by atoms with van der Waals surface area (Å²) < 4.78 is 11.1. The number of carbonyl (C=O) groups excluding carboxylic acids is 1. The third-order valence-electron chi connectivity index (χ3n) is 6.75. The van der Waals surface area contributed by atoms with Crippen molar-refractivity contribution in [2.45, 2.75) is 154 Å². The van der Waals surface area contributed by atoms with E-state index in [-0.39, 0.29) is 12.1 Å². The van der Waals surface area contributed by atoms with Crippen LogP contribution in [-0.4, -0.2) is 24.3 Å². The minimum atomic E-state index is -0.595. The molecule has 0 unspecified atom stereocenters. The Bertz CT molecular complexity index is 785. The van der Waals surface area contributed by atoms with E-state index in [9.17, 15) is 4.79 Å². The number of carbonyl (C=O) groups is 1. The van der Waals surface area contributed by atoms with Gasteiger partial charge in [0.2, 0.25) is 0 Å². The van der Waals surface area contributed by atoms with E-state index in [2.05, 4.69) is 68.4 Å². The first-order valence-electron chi connectivity index (χ1n) is 15.5. The summed E-state index contributed by atoms with van der Waals surface area (Å²) in [5, 5.41) is 0. The SMILES string of the molecule is C=C[C@@H](C#CC#CC[C@H]1O[C@@H]1CCCCCCC)OC(=O)CCCCCCCC=CCC=CCCCCC. The predicted octanol–water partition coefficient (Wildman–Crippen LogP) is 9.42. The normalized spacial score (nSPS) is 17.0. The van der Waals surface area contributed by atoms with Gasteiger partial charge in [-0.1, -0.05) is 115 Å². The average Bonchev–Trinajstić information content (AvgIpc) is 3.67. The van der Waals surface area contributed by atoms with Gasteiger partial charge in [-0.2, -0.15) is 0 Å². The van der Waals surface area contributed by atoms with Gasteiger partial charge in [-0.3, -0.25) is 4.79 Å². The first-order chi connectivity index (χ1) is 18.7. The fraction of sp³-hybridized carbons (Fsp3) is 0.686. The highest BCUT2D eigenvalue weighted by Gasteiger charge is 2.36. The third-order valence-corrected chi connectivity index (χ3v) is 6.75. The summed E-state index contributed by atoms with van der Waals surface area (Å²) in [5.74, 6) is 11.4. The van der Waals surface area contributed by atoms with Crippen LogP contribution in [-0.2, 0) is 14.3 Å². The summed E-state index contributed by atoms with van der Waals surface area (Å²) in [6.45, 7) is 8.21. The van der Waals surface area contributed by atoms with Crippen LogP contribution in [0.15, 0.2) is 37.0 Å². The third kappa shape index (κ3) is 20.8. The van der Waals surface area contributed by atoms with Crippen LogP contribution in [0, 0.1) is 23.7 Å². The Morgan fingerprint density at radius 3 is 2.18 bits per heavy atom. The molecule has 1 heterocycles. The van der Waals surface area contributed by atoms with E-state index >= 15 is 0 Å². The van der Waals surface area contributed by atoms with Crippen LogP contribution >= 0.6 is 0 Å². The predicted molar refractivity (Wildman–Crippen MR) is 162 cm³/mol. The van der Waals surface area contributed by atoms with E-state index in [1.54, 1.807) is 6.08 Å². The number of rotatable bonds is 23. The molecule has 3 heteroatoms. The maximum atomic E-state index is 12.1. The molecular weight excluding hydrogens is 468 g/mol. The van der Waals surface area contributed by atoms with E-state index < -0.39 is 6.10 Å². The highest BCUT2D eigenvalue weighted by atomic mass is 16.6. The summed E-state index contributed by atoms with van der Waals surface area (Å²) in [6.07, 6.45) is 32.3. The molecule has 0 N–H and O–H groups in total. The van der Waals surface area contributed by atoms with Gasteiger partial charge in [-0.25, -0.2) is 0 Å². The summed E-state index contributed by atoms with van der Waals surface area (Å²) >= 11 is 0. The second kappa shape index (κ2) is 25.1. The van der Waals surface area contributed by atoms with E-state index in [4.69, 9.17) is 9.47 Å². The van der Waals surface area contributed by atoms with Gasteiger partial charge in [0.1, 0.15) is 0 Å². The van der Waals surface area contributed by atoms with Crippen molar-refractivity contribution in [2.75, 3.05) is 0 Å². The van der Waals surface area contributed by atoms with Crippen molar-refractivity contribution in [3.05, 3.63) is 37.0 Å². The topological polar surface area (TPSA) is 38.8 Å². The number of esters is 1. The van der Waals surface area contributed by atoms with Gasteiger partial charge < -0.3 is 9.47 Å². The Kier molecular flexibility index (Phi) is 22.3. The van der Waals surface area contributed by atoms with Crippen LogP contribution in [0.25, 0.3) is 0 Å². The van der Waals surface area contributed by atoms with E-state index in [0.29, 0.717) is 12.5 Å². The molecule has 1 aliphatic heterocycles. The number of allylic oxidation sites excluding steroid dienone is 4. The highest BCUT2D eigenvalue weighted by Crippen LogP contribution is 2.29. The van der Waals surface area contributed by atoms with Crippen LogP contribution in [0.5, 0.6) is 0 Å². The van der Waals surface area contributed by atoms with E-state index in [1.807, 2.05) is 0 Å². The van der Waals surface area contributed by atoms with Crippen molar-refractivity contribution in [1.29, 1.82) is 0 Å². The Labute approximate surface area is 234 Å². The van der Waals surface area contributed by atoms with Crippen molar-refractivity contribution < 1.29 is 14.3 Å². The molecule has 0 bridgehead atoms. The van der Waals surface area contributed by atoms with Crippen molar-refractivity contribution in [1.82, 2.24) is 0 Å². The number of hydrogen-bond acceptors (Lipinski definition) is 3. The fourth-order valence-electron chi connectivity index (χ4n) is 4.28. The fourth-order valence-corrected chi connectivity index (χ4v) is 4.28. The molecule has 1 rings (SSSR count). The van der Waals surface area contributed by atoms with Gasteiger partial charge in [0, 0.05) is 12.8 Å². The number of unbranched alkanes of at least 4 members (excludes halogenated alkanes) is 12. The number of hydrogen-bond donors (Lipinski definition) is 0. The molecule has 0 spiro atoms. The lowest BCUT2D eigenvalue weighted by atomic mass is 10.1. The molecule has 0 saturated carbocycles. The average molecular weight is 523 g/mol. The van der Waals surface area contributed by atoms with Crippen molar-refractivity contribution in [3.8, 4) is 23.7 Å². The molecule has 0 aromatic carbocycles. The zero-order valence-electron chi connectivity index (χ0n) is 24.5. The maximum absolute atomic E-state index is 12.1. The first-order valence-corrected chi connectivity index (χ1v) is 15.5. The summed E-state index contributed by atoms with van der Waals surface area (Å²) in [6, 6.07) is 0. The number of epoxide rings is 1. The van der Waals surface area contributed by atoms with E-state index in [1.165, 1.54) is 70.6 Å². The van der Waals surface area contributed by atoms with Crippen LogP contribution in [0.4, 0.5) is 0 Å². The molecule has 0 amide bonds. The monoisotopic (exact) mass is 522 g/mol. The molecular formula is C35H54O3. The van der Waals surface area contributed by atoms with Gasteiger partial charge >= 0.3 is 5.97 Å². The van der Waals surface area contributed by atoms with Gasteiger partial charge in [-0.05, 0) is 68.8 Å². The second-order valence-corrected chi connectivity index (χ2v) is 10.3. The smallest absolute Gasteiger partial charge is 0.307 e. The lowest BCUT2D eigenvalue weighted by molar-refractivity contribution is -0.144. The zero-order chi connectivity index (χ0) is 27.5. The molecule has 0 radical (unpaired) electrons. The lowest BCUT2D eigenvalue weighted by Crippen LogP contribution is -2.13. The van der Waals surface area contributed by atoms with Crippen LogP contribution in [0.3, 0.4) is 0 Å². The Balaban J connectivity index is 2.01. The van der Waals surface area contributed by atoms with Gasteiger partial charge in [0.15, 0.2) is 6.10 Å². The standard InChI is InChI=1S/C35H54O3/c1-4-7-9-11-12-13-14-15-16-17-18-19-20-22-27-31-35(36)37-32(6-3)28-24-23-26-30-34-33(38-34)29-25-21-10-8-5-2/h6,12-13,15-16,32-34H,3-5,7-11,14,17-22,25,27,29-31H2,1-2H3/t32-,33+,34+/m0/s1. The van der Waals surface area contributed by atoms with Gasteiger partial charge in [0.25, 0.3) is 0 Å². The second-order valence-electron chi connectivity index (χ2n) is 10.3. The van der Waals surface area contributed by atoms with Crippen LogP contribution in [0.2, 0.25) is 0 Å². The molecule has 3 nitrogen and oxygen atoms in total. The molecule has 38 heavy (non-hydrogen) atoms. The molecule has 1 aliphatic rings. The maximum Gasteiger partial charge on any atom is 0.307 e. The summed E-state index contributed by atoms with van der Waals surface area (Å²) in [7, 11) is 0. The van der Waals surface area contributed by atoms with Gasteiger partial charge in [0.05, 0.1) is 12.2 Å². The number of ether oxygens (including phenoxy) is 2. The summed E-state index contributed by atoms with van der Waals surface area (Å²) in [5.41, 5.74) is 0. The van der Waals surface area contributed by atoms with Crippen LogP contribution in [0.1, 0.15) is 136 Å². The van der Waals surface area contributed by atoms with E-state index in [0.717, 1.165) is 44.9 Å². The van der Waals surface area contributed by atoms with Crippen LogP contribution < -0.4 is 0 Å². The largest absolute Gasteiger partial charge is 0.445 e. The van der Waals surface area contributed by atoms with Crippen molar-refractivity contribution >= 4 is 5.97 Å². The van der Waals surface area contributed by atoms with Crippen molar-refractivity contribution in [2.24, 2.45) is 0 Å². The Morgan fingerprint density at radius 1 is 0.816 bits per heavy atom. The molecule has 1 fully saturated rings. The molecule has 0 aromatic heterocycles. The Morgan fingerprint density at radius 2 is 1.45 bits per heavy atom. The zero-order valence-corrected chi connectivity index (χ0v) is 24.5. The highest BCUT2D eigenvalue weighted by molar-refractivity contribution is 5.70. The molecule has 1 saturated heterocycles. The minimum Gasteiger partial charge on any atom is -0.445 e.